The zero-order valence-corrected chi connectivity index (χ0v) is 11.2. The first-order chi connectivity index (χ1) is 8.20. The molecule has 0 spiro atoms. The average molecular weight is 253 g/mol. The lowest BCUT2D eigenvalue weighted by molar-refractivity contribution is 0.386. The van der Waals surface area contributed by atoms with Crippen LogP contribution >= 0.6 is 11.6 Å². The maximum Gasteiger partial charge on any atom is 0.0410 e. The van der Waals surface area contributed by atoms with Gasteiger partial charge in [0.25, 0.3) is 0 Å². The van der Waals surface area contributed by atoms with Crippen LogP contribution in [0.1, 0.15) is 24.8 Å². The normalized spacial score (nSPS) is 17.5. The van der Waals surface area contributed by atoms with Crippen LogP contribution in [0.3, 0.4) is 0 Å². The molecule has 1 aliphatic heterocycles. The standard InChI is InChI=1S/C14H21ClN2/c1-11-10-13(15)2-3-14(11)17-8-5-12(4-7-16)6-9-17/h2-3,10,12H,4-9,16H2,1H3. The summed E-state index contributed by atoms with van der Waals surface area (Å²) >= 11 is 5.99. The molecule has 2 nitrogen and oxygen atoms in total. The molecule has 0 unspecified atom stereocenters. The Morgan fingerprint density at radius 2 is 2.06 bits per heavy atom. The van der Waals surface area contributed by atoms with Gasteiger partial charge in [0.2, 0.25) is 0 Å². The number of hydrogen-bond acceptors (Lipinski definition) is 2. The van der Waals surface area contributed by atoms with E-state index in [0.29, 0.717) is 0 Å². The van der Waals surface area contributed by atoms with Gasteiger partial charge in [0.15, 0.2) is 0 Å². The molecule has 3 heteroatoms. The van der Waals surface area contributed by atoms with E-state index in [1.165, 1.54) is 30.5 Å². The Balaban J connectivity index is 2.00. The van der Waals surface area contributed by atoms with Gasteiger partial charge < -0.3 is 10.6 Å². The smallest absolute Gasteiger partial charge is 0.0410 e. The fourth-order valence-electron chi connectivity index (χ4n) is 2.67. The molecule has 1 aromatic rings. The Morgan fingerprint density at radius 1 is 1.35 bits per heavy atom. The van der Waals surface area contributed by atoms with Crippen molar-refractivity contribution in [2.45, 2.75) is 26.2 Å². The van der Waals surface area contributed by atoms with E-state index in [9.17, 15) is 0 Å². The Morgan fingerprint density at radius 3 is 2.65 bits per heavy atom. The molecule has 0 atom stereocenters. The molecule has 1 heterocycles. The number of benzene rings is 1. The molecule has 94 valence electrons. The fraction of sp³-hybridized carbons (Fsp3) is 0.571. The van der Waals surface area contributed by atoms with Crippen LogP contribution in [0.2, 0.25) is 5.02 Å². The lowest BCUT2D eigenvalue weighted by Gasteiger charge is -2.34. The molecule has 0 aromatic heterocycles. The van der Waals surface area contributed by atoms with E-state index in [1.54, 1.807) is 0 Å². The summed E-state index contributed by atoms with van der Waals surface area (Å²) in [6.07, 6.45) is 3.70. The summed E-state index contributed by atoms with van der Waals surface area (Å²) in [6.45, 7) is 5.25. The van der Waals surface area contributed by atoms with E-state index in [1.807, 2.05) is 12.1 Å². The van der Waals surface area contributed by atoms with Gasteiger partial charge >= 0.3 is 0 Å². The van der Waals surface area contributed by atoms with Crippen LogP contribution in [-0.2, 0) is 0 Å². The fourth-order valence-corrected chi connectivity index (χ4v) is 2.90. The van der Waals surface area contributed by atoms with Gasteiger partial charge in [-0.25, -0.2) is 0 Å². The van der Waals surface area contributed by atoms with Crippen molar-refractivity contribution in [3.63, 3.8) is 0 Å². The van der Waals surface area contributed by atoms with E-state index in [4.69, 9.17) is 17.3 Å². The molecular weight excluding hydrogens is 232 g/mol. The number of hydrogen-bond donors (Lipinski definition) is 1. The number of piperidine rings is 1. The van der Waals surface area contributed by atoms with Crippen LogP contribution in [0.25, 0.3) is 0 Å². The lowest BCUT2D eigenvalue weighted by Crippen LogP contribution is -2.34. The van der Waals surface area contributed by atoms with Gasteiger partial charge in [-0.1, -0.05) is 11.6 Å². The summed E-state index contributed by atoms with van der Waals surface area (Å²) in [5, 5.41) is 0.823. The minimum absolute atomic E-state index is 0.823. The number of rotatable bonds is 3. The molecule has 1 aliphatic rings. The second-order valence-electron chi connectivity index (χ2n) is 4.94. The largest absolute Gasteiger partial charge is 0.371 e. The minimum atomic E-state index is 0.823. The monoisotopic (exact) mass is 252 g/mol. The van der Waals surface area contributed by atoms with E-state index in [2.05, 4.69) is 17.9 Å². The van der Waals surface area contributed by atoms with Crippen molar-refractivity contribution in [2.75, 3.05) is 24.5 Å². The van der Waals surface area contributed by atoms with Gasteiger partial charge in [-0.15, -0.1) is 0 Å². The predicted molar refractivity (Wildman–Crippen MR) is 74.8 cm³/mol. The van der Waals surface area contributed by atoms with Crippen LogP contribution in [0, 0.1) is 12.8 Å². The predicted octanol–water partition coefficient (Wildman–Crippen LogP) is 3.21. The summed E-state index contributed by atoms with van der Waals surface area (Å²) in [6, 6.07) is 6.17. The highest BCUT2D eigenvalue weighted by Crippen LogP contribution is 2.28. The second-order valence-corrected chi connectivity index (χ2v) is 5.38. The first-order valence-corrected chi connectivity index (χ1v) is 6.79. The zero-order chi connectivity index (χ0) is 12.3. The van der Waals surface area contributed by atoms with Crippen LogP contribution in [0.15, 0.2) is 18.2 Å². The van der Waals surface area contributed by atoms with E-state index in [0.717, 1.165) is 30.6 Å². The molecule has 1 saturated heterocycles. The second kappa shape index (κ2) is 5.74. The number of aryl methyl sites for hydroxylation is 1. The van der Waals surface area contributed by atoms with Crippen molar-refractivity contribution >= 4 is 17.3 Å². The molecule has 17 heavy (non-hydrogen) atoms. The molecular formula is C14H21ClN2. The molecule has 1 aromatic carbocycles. The molecule has 0 amide bonds. The van der Waals surface area contributed by atoms with Crippen molar-refractivity contribution in [1.82, 2.24) is 0 Å². The van der Waals surface area contributed by atoms with Crippen LogP contribution in [-0.4, -0.2) is 19.6 Å². The maximum absolute atomic E-state index is 5.99. The summed E-state index contributed by atoms with van der Waals surface area (Å²) in [7, 11) is 0. The van der Waals surface area contributed by atoms with E-state index < -0.39 is 0 Å². The van der Waals surface area contributed by atoms with Gasteiger partial charge in [0.05, 0.1) is 0 Å². The Bertz CT molecular complexity index is 370. The quantitative estimate of drug-likeness (QED) is 0.895. The molecule has 1 fully saturated rings. The molecule has 2 rings (SSSR count). The number of halogens is 1. The third kappa shape index (κ3) is 3.14. The average Bonchev–Trinajstić information content (AvgIpc) is 2.31. The Labute approximate surface area is 109 Å². The summed E-state index contributed by atoms with van der Waals surface area (Å²) in [5.74, 6) is 0.823. The first-order valence-electron chi connectivity index (χ1n) is 6.42. The maximum atomic E-state index is 5.99. The van der Waals surface area contributed by atoms with Gasteiger partial charge in [-0.05, 0) is 62.4 Å². The molecule has 0 radical (unpaired) electrons. The zero-order valence-electron chi connectivity index (χ0n) is 10.5. The summed E-state index contributed by atoms with van der Waals surface area (Å²) < 4.78 is 0. The Kier molecular flexibility index (Phi) is 4.30. The minimum Gasteiger partial charge on any atom is -0.371 e. The van der Waals surface area contributed by atoms with Gasteiger partial charge in [-0.2, -0.15) is 0 Å². The number of anilines is 1. The third-order valence-corrected chi connectivity index (χ3v) is 3.92. The third-order valence-electron chi connectivity index (χ3n) is 3.69. The first kappa shape index (κ1) is 12.7. The van der Waals surface area contributed by atoms with Crippen LogP contribution < -0.4 is 10.6 Å². The highest BCUT2D eigenvalue weighted by Gasteiger charge is 2.19. The summed E-state index contributed by atoms with van der Waals surface area (Å²) in [5.41, 5.74) is 8.22. The van der Waals surface area contributed by atoms with Crippen molar-refractivity contribution in [1.29, 1.82) is 0 Å². The van der Waals surface area contributed by atoms with Crippen molar-refractivity contribution in [3.05, 3.63) is 28.8 Å². The molecule has 0 bridgehead atoms. The van der Waals surface area contributed by atoms with Crippen molar-refractivity contribution in [2.24, 2.45) is 11.7 Å². The highest BCUT2D eigenvalue weighted by atomic mass is 35.5. The van der Waals surface area contributed by atoms with Gasteiger partial charge in [-0.3, -0.25) is 0 Å². The molecule has 2 N–H and O–H groups in total. The molecule has 0 saturated carbocycles. The topological polar surface area (TPSA) is 29.3 Å². The van der Waals surface area contributed by atoms with E-state index in [-0.39, 0.29) is 0 Å². The van der Waals surface area contributed by atoms with Gasteiger partial charge in [0, 0.05) is 23.8 Å². The summed E-state index contributed by atoms with van der Waals surface area (Å²) in [4.78, 5) is 2.47. The van der Waals surface area contributed by atoms with E-state index >= 15 is 0 Å². The SMILES string of the molecule is Cc1cc(Cl)ccc1N1CCC(CCN)CC1. The van der Waals surface area contributed by atoms with Crippen molar-refractivity contribution < 1.29 is 0 Å². The lowest BCUT2D eigenvalue weighted by atomic mass is 9.93. The number of nitrogens with two attached hydrogens (primary N) is 1. The van der Waals surface area contributed by atoms with Crippen LogP contribution in [0.4, 0.5) is 5.69 Å². The highest BCUT2D eigenvalue weighted by molar-refractivity contribution is 6.30. The molecule has 0 aliphatic carbocycles. The Hall–Kier alpha value is -0.730. The van der Waals surface area contributed by atoms with Gasteiger partial charge in [0.1, 0.15) is 0 Å². The van der Waals surface area contributed by atoms with Crippen molar-refractivity contribution in [3.8, 4) is 0 Å². The van der Waals surface area contributed by atoms with Crippen LogP contribution in [0.5, 0.6) is 0 Å². The number of nitrogens with zero attached hydrogens (tertiary/aromatic N) is 1.